The van der Waals surface area contributed by atoms with E-state index in [-0.39, 0.29) is 34.9 Å². The van der Waals surface area contributed by atoms with Crippen molar-refractivity contribution >= 4 is 15.9 Å². The summed E-state index contributed by atoms with van der Waals surface area (Å²) in [4.78, 5) is 14.4. The summed E-state index contributed by atoms with van der Waals surface area (Å²) in [6.07, 6.45) is 1.52. The first-order valence-corrected chi connectivity index (χ1v) is 10.6. The molecule has 0 aliphatic carbocycles. The van der Waals surface area contributed by atoms with Crippen LogP contribution in [0.25, 0.3) is 0 Å². The number of hydrogen-bond acceptors (Lipinski definition) is 3. The molecule has 0 bridgehead atoms. The van der Waals surface area contributed by atoms with Crippen molar-refractivity contribution in [2.75, 3.05) is 19.6 Å². The largest absolute Gasteiger partial charge is 0.337 e. The normalized spacial score (nSPS) is 22.9. The van der Waals surface area contributed by atoms with Gasteiger partial charge in [0.05, 0.1) is 4.90 Å². The van der Waals surface area contributed by atoms with E-state index in [2.05, 4.69) is 0 Å². The van der Waals surface area contributed by atoms with E-state index in [0.29, 0.717) is 19.5 Å². The maximum absolute atomic E-state index is 13.5. The standard InChI is InChI=1S/C20H20F2N2O3S/c21-16-6-8-18(9-7-16)28(26,27)24-10-2-4-15-12-23(13-19(15)24)20(25)14-3-1-5-17(22)11-14/h1,3,5-9,11,15,19H,2,4,10,12-13H2/t15-,19+/m1/s1. The van der Waals surface area contributed by atoms with Crippen LogP contribution in [0.2, 0.25) is 0 Å². The van der Waals surface area contributed by atoms with Gasteiger partial charge in [-0.25, -0.2) is 17.2 Å². The molecule has 2 heterocycles. The Kier molecular flexibility index (Phi) is 4.93. The van der Waals surface area contributed by atoms with Gasteiger partial charge >= 0.3 is 0 Å². The van der Waals surface area contributed by atoms with Crippen LogP contribution >= 0.6 is 0 Å². The summed E-state index contributed by atoms with van der Waals surface area (Å²) in [5.74, 6) is -1.25. The van der Waals surface area contributed by atoms with Crippen molar-refractivity contribution in [1.82, 2.24) is 9.21 Å². The first-order chi connectivity index (χ1) is 13.4. The van der Waals surface area contributed by atoms with E-state index in [4.69, 9.17) is 0 Å². The Morgan fingerprint density at radius 1 is 1.00 bits per heavy atom. The minimum atomic E-state index is -3.78. The fraction of sp³-hybridized carbons (Fsp3) is 0.350. The van der Waals surface area contributed by atoms with Gasteiger partial charge in [-0.3, -0.25) is 4.79 Å². The summed E-state index contributed by atoms with van der Waals surface area (Å²) < 4.78 is 54.2. The van der Waals surface area contributed by atoms with Crippen LogP contribution in [0.15, 0.2) is 53.4 Å². The summed E-state index contributed by atoms with van der Waals surface area (Å²) in [6, 6.07) is 9.96. The van der Waals surface area contributed by atoms with E-state index >= 15 is 0 Å². The lowest BCUT2D eigenvalue weighted by molar-refractivity contribution is 0.0783. The quantitative estimate of drug-likeness (QED) is 0.788. The minimum absolute atomic E-state index is 0.0292. The van der Waals surface area contributed by atoms with Crippen molar-refractivity contribution in [3.63, 3.8) is 0 Å². The molecule has 2 atom stereocenters. The third-order valence-corrected chi connectivity index (χ3v) is 7.45. The molecule has 0 unspecified atom stereocenters. The number of fused-ring (bicyclic) bond motifs is 1. The fourth-order valence-electron chi connectivity index (χ4n) is 4.15. The molecule has 28 heavy (non-hydrogen) atoms. The summed E-state index contributed by atoms with van der Waals surface area (Å²) in [6.45, 7) is 1.07. The van der Waals surface area contributed by atoms with Gasteiger partial charge in [0, 0.05) is 31.2 Å². The molecule has 0 saturated carbocycles. The zero-order valence-corrected chi connectivity index (χ0v) is 15.9. The van der Waals surface area contributed by atoms with Gasteiger partial charge < -0.3 is 4.90 Å². The second kappa shape index (κ2) is 7.25. The van der Waals surface area contributed by atoms with Gasteiger partial charge in [0.2, 0.25) is 10.0 Å². The molecular formula is C20H20F2N2O3S. The van der Waals surface area contributed by atoms with Crippen molar-refractivity contribution in [2.45, 2.75) is 23.8 Å². The molecule has 148 valence electrons. The Morgan fingerprint density at radius 3 is 2.46 bits per heavy atom. The van der Waals surface area contributed by atoms with Crippen molar-refractivity contribution in [2.24, 2.45) is 5.92 Å². The number of hydrogen-bond donors (Lipinski definition) is 0. The molecule has 2 aromatic rings. The molecule has 2 aliphatic rings. The second-order valence-electron chi connectivity index (χ2n) is 7.26. The minimum Gasteiger partial charge on any atom is -0.337 e. The predicted molar refractivity (Wildman–Crippen MR) is 99.1 cm³/mol. The smallest absolute Gasteiger partial charge is 0.254 e. The molecule has 5 nitrogen and oxygen atoms in total. The Labute approximate surface area is 162 Å². The zero-order valence-electron chi connectivity index (χ0n) is 15.1. The first kappa shape index (κ1) is 19.0. The van der Waals surface area contributed by atoms with Crippen LogP contribution in [-0.2, 0) is 10.0 Å². The van der Waals surface area contributed by atoms with E-state index < -0.39 is 21.7 Å². The Bertz CT molecular complexity index is 995. The van der Waals surface area contributed by atoms with E-state index in [1.54, 1.807) is 11.0 Å². The van der Waals surface area contributed by atoms with Crippen LogP contribution in [0.3, 0.4) is 0 Å². The molecule has 2 fully saturated rings. The van der Waals surface area contributed by atoms with Crippen LogP contribution in [0.1, 0.15) is 23.2 Å². The van der Waals surface area contributed by atoms with E-state index in [1.165, 1.54) is 34.6 Å². The molecule has 0 N–H and O–H groups in total. The average molecular weight is 406 g/mol. The number of likely N-dealkylation sites (tertiary alicyclic amines) is 1. The number of benzene rings is 2. The Balaban J connectivity index is 1.58. The first-order valence-electron chi connectivity index (χ1n) is 9.18. The average Bonchev–Trinajstić information content (AvgIpc) is 3.12. The maximum Gasteiger partial charge on any atom is 0.254 e. The Morgan fingerprint density at radius 2 is 1.75 bits per heavy atom. The lowest BCUT2D eigenvalue weighted by atomic mass is 9.94. The molecule has 2 aromatic carbocycles. The molecular weight excluding hydrogens is 386 g/mol. The number of piperidine rings is 1. The molecule has 8 heteroatoms. The highest BCUT2D eigenvalue weighted by Crippen LogP contribution is 2.35. The predicted octanol–water partition coefficient (Wildman–Crippen LogP) is 2.89. The van der Waals surface area contributed by atoms with Gasteiger partial charge in [-0.1, -0.05) is 6.07 Å². The molecule has 0 radical (unpaired) electrons. The summed E-state index contributed by atoms with van der Waals surface area (Å²) in [7, 11) is -3.78. The molecule has 0 spiro atoms. The van der Waals surface area contributed by atoms with Crippen molar-refractivity contribution < 1.29 is 22.0 Å². The van der Waals surface area contributed by atoms with Crippen molar-refractivity contribution in [3.05, 3.63) is 65.7 Å². The van der Waals surface area contributed by atoms with E-state index in [9.17, 15) is 22.0 Å². The zero-order chi connectivity index (χ0) is 19.9. The monoisotopic (exact) mass is 406 g/mol. The van der Waals surface area contributed by atoms with Crippen LogP contribution < -0.4 is 0 Å². The van der Waals surface area contributed by atoms with E-state index in [1.807, 2.05) is 0 Å². The van der Waals surface area contributed by atoms with Crippen molar-refractivity contribution in [3.8, 4) is 0 Å². The molecule has 0 aromatic heterocycles. The second-order valence-corrected chi connectivity index (χ2v) is 9.15. The van der Waals surface area contributed by atoms with Crippen LogP contribution in [0.5, 0.6) is 0 Å². The summed E-state index contributed by atoms with van der Waals surface area (Å²) >= 11 is 0. The van der Waals surface area contributed by atoms with Gasteiger partial charge in [-0.05, 0) is 61.2 Å². The van der Waals surface area contributed by atoms with E-state index in [0.717, 1.165) is 18.6 Å². The number of carbonyl (C=O) groups excluding carboxylic acids is 1. The van der Waals surface area contributed by atoms with Crippen LogP contribution in [0, 0.1) is 17.6 Å². The summed E-state index contributed by atoms with van der Waals surface area (Å²) in [5, 5.41) is 0. The van der Waals surface area contributed by atoms with Gasteiger partial charge in [0.1, 0.15) is 11.6 Å². The number of carbonyl (C=O) groups is 1. The van der Waals surface area contributed by atoms with Crippen molar-refractivity contribution in [1.29, 1.82) is 0 Å². The lowest BCUT2D eigenvalue weighted by Crippen LogP contribution is -2.48. The number of halogens is 2. The SMILES string of the molecule is O=C(c1cccc(F)c1)N1C[C@H]2CCCN(S(=O)(=O)c3ccc(F)cc3)[C@H]2C1. The number of nitrogens with zero attached hydrogens (tertiary/aromatic N) is 2. The van der Waals surface area contributed by atoms with Crippen LogP contribution in [-0.4, -0.2) is 49.2 Å². The number of rotatable bonds is 3. The highest BCUT2D eigenvalue weighted by atomic mass is 32.2. The highest BCUT2D eigenvalue weighted by Gasteiger charge is 2.45. The molecule has 2 aliphatic heterocycles. The third-order valence-electron chi connectivity index (χ3n) is 5.51. The molecule has 4 rings (SSSR count). The molecule has 2 saturated heterocycles. The van der Waals surface area contributed by atoms with Gasteiger partial charge in [0.25, 0.3) is 5.91 Å². The van der Waals surface area contributed by atoms with Crippen LogP contribution in [0.4, 0.5) is 8.78 Å². The molecule has 1 amide bonds. The summed E-state index contributed by atoms with van der Waals surface area (Å²) in [5.41, 5.74) is 0.256. The lowest BCUT2D eigenvalue weighted by Gasteiger charge is -2.35. The topological polar surface area (TPSA) is 57.7 Å². The van der Waals surface area contributed by atoms with Gasteiger partial charge in [-0.15, -0.1) is 0 Å². The fourth-order valence-corrected chi connectivity index (χ4v) is 5.87. The van der Waals surface area contributed by atoms with Gasteiger partial charge in [0.15, 0.2) is 0 Å². The maximum atomic E-state index is 13.5. The number of amides is 1. The third kappa shape index (κ3) is 3.42. The Hall–Kier alpha value is -2.32. The number of sulfonamides is 1. The highest BCUT2D eigenvalue weighted by molar-refractivity contribution is 7.89. The van der Waals surface area contributed by atoms with Gasteiger partial charge in [-0.2, -0.15) is 4.31 Å².